The van der Waals surface area contributed by atoms with Crippen molar-refractivity contribution in [1.82, 2.24) is 0 Å². The average Bonchev–Trinajstić information content (AvgIpc) is 3.63. The van der Waals surface area contributed by atoms with Gasteiger partial charge in [0, 0.05) is 62.6 Å². The maximum atomic E-state index is 10.8. The van der Waals surface area contributed by atoms with Gasteiger partial charge in [-0.15, -0.1) is 22.7 Å². The Labute approximate surface area is 250 Å². The zero-order valence-electron chi connectivity index (χ0n) is 22.3. The van der Waals surface area contributed by atoms with E-state index in [2.05, 4.69) is 109 Å². The molecule has 0 bridgehead atoms. The molecule has 0 fully saturated rings. The number of hydrogen-bond donors (Lipinski definition) is 0. The molecule has 0 saturated carbocycles. The van der Waals surface area contributed by atoms with Crippen molar-refractivity contribution in [1.29, 1.82) is 10.5 Å². The highest BCUT2D eigenvalue weighted by Crippen LogP contribution is 2.46. The minimum atomic E-state index is 0.610. The lowest BCUT2D eigenvalue weighted by atomic mass is 9.87. The van der Waals surface area contributed by atoms with Gasteiger partial charge < -0.3 is 0 Å². The van der Waals surface area contributed by atoms with Crippen LogP contribution >= 0.6 is 22.7 Å². The summed E-state index contributed by atoms with van der Waals surface area (Å²) in [5, 5.41) is 25.6. The van der Waals surface area contributed by atoms with Gasteiger partial charge in [-0.25, -0.2) is 0 Å². The molecule has 0 amide bonds. The molecular weight excluding hydrogens is 549 g/mol. The van der Waals surface area contributed by atoms with Crippen LogP contribution in [0.1, 0.15) is 11.1 Å². The molecule has 0 aliphatic rings. The molecule has 42 heavy (non-hydrogen) atoms. The van der Waals surface area contributed by atoms with Crippen LogP contribution in [0.5, 0.6) is 0 Å². The smallest absolute Gasteiger partial charge is 0.100 e. The average molecular weight is 569 g/mol. The predicted octanol–water partition coefficient (Wildman–Crippen LogP) is 11.2. The first-order valence-electron chi connectivity index (χ1n) is 13.6. The second-order valence-electron chi connectivity index (χ2n) is 10.3. The van der Waals surface area contributed by atoms with Gasteiger partial charge in [-0.05, 0) is 41.5 Å². The Morgan fingerprint density at radius 2 is 0.905 bits per heavy atom. The van der Waals surface area contributed by atoms with E-state index >= 15 is 0 Å². The number of thiophene rings is 2. The lowest BCUT2D eigenvalue weighted by Crippen LogP contribution is -1.94. The molecule has 0 N–H and O–H groups in total. The lowest BCUT2D eigenvalue weighted by Gasteiger charge is -2.16. The Kier molecular flexibility index (Phi) is 5.66. The van der Waals surface area contributed by atoms with E-state index in [4.69, 9.17) is 0 Å². The molecule has 0 unspecified atom stereocenters. The normalized spacial score (nSPS) is 11.3. The van der Waals surface area contributed by atoms with E-state index in [1.165, 1.54) is 30.9 Å². The van der Waals surface area contributed by atoms with Crippen LogP contribution in [0.3, 0.4) is 0 Å². The number of fused-ring (bicyclic) bond motifs is 6. The van der Waals surface area contributed by atoms with Crippen LogP contribution in [0.25, 0.3) is 73.7 Å². The van der Waals surface area contributed by atoms with Gasteiger partial charge >= 0.3 is 0 Å². The summed E-state index contributed by atoms with van der Waals surface area (Å²) in [6.45, 7) is 0. The van der Waals surface area contributed by atoms with Crippen molar-refractivity contribution in [3.8, 4) is 45.5 Å². The first kappa shape index (κ1) is 24.5. The summed E-state index contributed by atoms with van der Waals surface area (Å²) in [5.41, 5.74) is 6.87. The third-order valence-corrected chi connectivity index (χ3v) is 10.4. The molecule has 0 aliphatic carbocycles. The molecule has 0 radical (unpaired) electrons. The van der Waals surface area contributed by atoms with Gasteiger partial charge in [-0.3, -0.25) is 0 Å². The van der Waals surface area contributed by atoms with Crippen LogP contribution < -0.4 is 0 Å². The third-order valence-electron chi connectivity index (χ3n) is 8.00. The van der Waals surface area contributed by atoms with Crippen LogP contribution in [0.2, 0.25) is 0 Å². The summed E-state index contributed by atoms with van der Waals surface area (Å²) in [7, 11) is 0. The van der Waals surface area contributed by atoms with Gasteiger partial charge in [-0.2, -0.15) is 10.5 Å². The summed E-state index contributed by atoms with van der Waals surface area (Å²) in [6, 6.07) is 46.6. The summed E-state index contributed by atoms with van der Waals surface area (Å²) < 4.78 is 4.76. The number of hydrogen-bond acceptors (Lipinski definition) is 4. The van der Waals surface area contributed by atoms with Gasteiger partial charge in [0.2, 0.25) is 0 Å². The number of nitrogens with zero attached hydrogens (tertiary/aromatic N) is 2. The van der Waals surface area contributed by atoms with E-state index in [1.54, 1.807) is 22.7 Å². The van der Waals surface area contributed by atoms with Gasteiger partial charge in [0.25, 0.3) is 0 Å². The number of benzene rings is 6. The van der Waals surface area contributed by atoms with Crippen molar-refractivity contribution in [2.75, 3.05) is 0 Å². The molecule has 2 nitrogen and oxygen atoms in total. The highest BCUT2D eigenvalue weighted by atomic mass is 32.1. The fourth-order valence-electron chi connectivity index (χ4n) is 6.09. The summed E-state index contributed by atoms with van der Waals surface area (Å²) in [5.74, 6) is 0. The molecule has 8 aromatic rings. The zero-order chi connectivity index (χ0) is 28.2. The first-order valence-corrected chi connectivity index (χ1v) is 15.3. The molecule has 0 aliphatic heterocycles. The van der Waals surface area contributed by atoms with E-state index in [1.807, 2.05) is 24.3 Å². The van der Waals surface area contributed by atoms with Crippen LogP contribution in [-0.2, 0) is 0 Å². The largest absolute Gasteiger partial charge is 0.192 e. The zero-order valence-corrected chi connectivity index (χ0v) is 23.9. The first-order chi connectivity index (χ1) is 20.7. The second-order valence-corrected chi connectivity index (χ2v) is 12.4. The third kappa shape index (κ3) is 3.67. The van der Waals surface area contributed by atoms with Crippen molar-refractivity contribution in [2.24, 2.45) is 0 Å². The molecule has 0 saturated heterocycles. The fourth-order valence-corrected chi connectivity index (χ4v) is 8.55. The maximum absolute atomic E-state index is 10.8. The molecule has 2 aromatic heterocycles. The predicted molar refractivity (Wildman–Crippen MR) is 178 cm³/mol. The van der Waals surface area contributed by atoms with Crippen LogP contribution in [0.4, 0.5) is 0 Å². The van der Waals surface area contributed by atoms with Crippen molar-refractivity contribution in [3.63, 3.8) is 0 Å². The highest BCUT2D eigenvalue weighted by molar-refractivity contribution is 7.26. The van der Waals surface area contributed by atoms with Gasteiger partial charge in [-0.1, -0.05) is 91.0 Å². The molecule has 6 aromatic carbocycles. The van der Waals surface area contributed by atoms with E-state index in [9.17, 15) is 10.5 Å². The molecule has 8 rings (SSSR count). The van der Waals surface area contributed by atoms with Crippen molar-refractivity contribution in [2.45, 2.75) is 0 Å². The monoisotopic (exact) mass is 568 g/mol. The molecule has 194 valence electrons. The Morgan fingerprint density at radius 3 is 1.45 bits per heavy atom. The number of nitriles is 2. The highest BCUT2D eigenvalue weighted by Gasteiger charge is 2.21. The van der Waals surface area contributed by atoms with E-state index in [0.717, 1.165) is 42.8 Å². The van der Waals surface area contributed by atoms with Crippen molar-refractivity contribution in [3.05, 3.63) is 132 Å². The minimum absolute atomic E-state index is 0.610. The second kappa shape index (κ2) is 9.68. The van der Waals surface area contributed by atoms with E-state index in [-0.39, 0.29) is 0 Å². The van der Waals surface area contributed by atoms with Gasteiger partial charge in [0.05, 0.1) is 17.2 Å². The SMILES string of the molecule is N#Cc1ccccc1-c1cc(-c2cccc3c2sc2ccccc23)c(C#N)c(-c2cccc3c2sc2ccccc23)c1. The topological polar surface area (TPSA) is 47.6 Å². The Bertz CT molecular complexity index is 2310. The summed E-state index contributed by atoms with van der Waals surface area (Å²) >= 11 is 3.52. The van der Waals surface area contributed by atoms with Crippen LogP contribution in [-0.4, -0.2) is 0 Å². The summed E-state index contributed by atoms with van der Waals surface area (Å²) in [6.07, 6.45) is 0. The molecular formula is C38H20N2S2. The lowest BCUT2D eigenvalue weighted by molar-refractivity contribution is 1.46. The van der Waals surface area contributed by atoms with Crippen molar-refractivity contribution >= 4 is 63.0 Å². The van der Waals surface area contributed by atoms with E-state index in [0.29, 0.717) is 11.1 Å². The Hall–Kier alpha value is -5.26. The minimum Gasteiger partial charge on any atom is -0.192 e. The standard InChI is InChI=1S/C38H20N2S2/c39-21-23-9-1-2-10-25(23)24-19-32(30-15-7-13-28-26-11-3-5-17-35(26)41-37(28)30)34(22-40)33(20-24)31-16-8-14-29-27-12-4-6-18-36(27)42-38(29)31/h1-20H. The number of rotatable bonds is 3. The van der Waals surface area contributed by atoms with Gasteiger partial charge in [0.15, 0.2) is 0 Å². The summed E-state index contributed by atoms with van der Waals surface area (Å²) in [4.78, 5) is 0. The van der Waals surface area contributed by atoms with E-state index < -0.39 is 0 Å². The van der Waals surface area contributed by atoms with Gasteiger partial charge in [0.1, 0.15) is 6.07 Å². The Balaban J connectivity index is 1.51. The van der Waals surface area contributed by atoms with Crippen LogP contribution in [0.15, 0.2) is 121 Å². The fraction of sp³-hybridized carbons (Fsp3) is 0. The maximum Gasteiger partial charge on any atom is 0.100 e. The molecule has 2 heterocycles. The quantitative estimate of drug-likeness (QED) is 0.213. The molecule has 0 spiro atoms. The van der Waals surface area contributed by atoms with Crippen molar-refractivity contribution < 1.29 is 0 Å². The molecule has 0 atom stereocenters. The van der Waals surface area contributed by atoms with Crippen LogP contribution in [0, 0.1) is 22.7 Å². The Morgan fingerprint density at radius 1 is 0.429 bits per heavy atom. The molecule has 4 heteroatoms.